The van der Waals surface area contributed by atoms with E-state index in [1.807, 2.05) is 24.3 Å². The van der Waals surface area contributed by atoms with E-state index in [1.54, 1.807) is 24.3 Å². The average molecular weight is 1400 g/mol. The van der Waals surface area contributed by atoms with Crippen molar-refractivity contribution in [2.45, 2.75) is 272 Å². The lowest BCUT2D eigenvalue weighted by Crippen LogP contribution is -2.77. The summed E-state index contributed by atoms with van der Waals surface area (Å²) in [4.78, 5) is 35.5. The molecule has 18 atom stereocenters. The zero-order chi connectivity index (χ0) is 69.3. The van der Waals surface area contributed by atoms with Gasteiger partial charge in [-0.25, -0.2) is 0 Å². The van der Waals surface area contributed by atoms with E-state index < -0.39 is 80.7 Å². The Morgan fingerprint density at radius 1 is 0.353 bits per heavy atom. The Bertz CT molecular complexity index is 4210. The minimum Gasteiger partial charge on any atom is -0.504 e. The fourth-order valence-electron chi connectivity index (χ4n) is 26.2. The molecular formula is C82H100N4O16. The Morgan fingerprint density at radius 2 is 0.637 bits per heavy atom. The molecule has 0 aromatic heterocycles. The smallest absolute Gasteiger partial charge is 0.174 e. The highest BCUT2D eigenvalue weighted by atomic mass is 16.5. The molecule has 12 fully saturated rings. The third-order valence-electron chi connectivity index (χ3n) is 31.6. The van der Waals surface area contributed by atoms with Crippen LogP contribution in [-0.4, -0.2) is 218 Å². The molecule has 4 spiro atoms. The number of rotatable bonds is 8. The number of hydrogen-bond donors (Lipinski definition) is 10. The Morgan fingerprint density at radius 3 is 0.941 bits per heavy atom. The van der Waals surface area contributed by atoms with E-state index in [1.165, 1.54) is 75.3 Å². The van der Waals surface area contributed by atoms with Gasteiger partial charge in [0.2, 0.25) is 0 Å². The minimum absolute atomic E-state index is 0.0408. The summed E-state index contributed by atoms with van der Waals surface area (Å²) >= 11 is 0. The molecule has 10 N–H and O–H groups in total. The molecule has 24 rings (SSSR count). The zero-order valence-electron chi connectivity index (χ0n) is 58.5. The van der Waals surface area contributed by atoms with E-state index in [0.717, 1.165) is 161 Å². The Balaban J connectivity index is 0.0000000885. The quantitative estimate of drug-likeness (QED) is 0.0905. The Hall–Kier alpha value is -5.78. The number of ether oxygens (including phenoxy) is 4. The maximum absolute atomic E-state index is 12.8. The van der Waals surface area contributed by atoms with Gasteiger partial charge in [0.1, 0.15) is 12.2 Å². The Labute approximate surface area is 594 Å². The predicted octanol–water partition coefficient (Wildman–Crippen LogP) is 6.47. The van der Waals surface area contributed by atoms with Crippen LogP contribution in [0.2, 0.25) is 0 Å². The van der Waals surface area contributed by atoms with E-state index in [9.17, 15) is 60.7 Å². The van der Waals surface area contributed by atoms with Crippen molar-refractivity contribution in [1.82, 2.24) is 19.6 Å². The molecule has 4 saturated heterocycles. The normalized spacial score (nSPS) is 42.5. The molecule has 8 aliphatic heterocycles. The molecule has 8 saturated carbocycles. The van der Waals surface area contributed by atoms with Crippen LogP contribution in [0.1, 0.15) is 186 Å². The first-order chi connectivity index (χ1) is 49.2. The molecule has 0 unspecified atom stereocenters. The van der Waals surface area contributed by atoms with Crippen LogP contribution in [-0.2, 0) is 56.9 Å². The number of carbonyl (C=O) groups is 2. The third kappa shape index (κ3) is 8.19. The van der Waals surface area contributed by atoms with Gasteiger partial charge < -0.3 is 70.0 Å². The van der Waals surface area contributed by atoms with Crippen molar-refractivity contribution in [2.24, 2.45) is 23.7 Å². The molecule has 544 valence electrons. The zero-order valence-corrected chi connectivity index (χ0v) is 58.5. The van der Waals surface area contributed by atoms with Crippen LogP contribution in [0, 0.1) is 23.7 Å². The molecular weight excluding hydrogens is 1300 g/mol. The summed E-state index contributed by atoms with van der Waals surface area (Å²) in [5, 5.41) is 111. The van der Waals surface area contributed by atoms with Gasteiger partial charge in [-0.15, -0.1) is 0 Å². The second kappa shape index (κ2) is 22.0. The van der Waals surface area contributed by atoms with Crippen LogP contribution in [0.3, 0.4) is 0 Å². The number of phenols is 4. The molecule has 20 nitrogen and oxygen atoms in total. The van der Waals surface area contributed by atoms with Crippen LogP contribution >= 0.6 is 0 Å². The first-order valence-electron chi connectivity index (χ1n) is 39.5. The number of carbonyl (C=O) groups excluding carboxylic acids is 2. The van der Waals surface area contributed by atoms with Gasteiger partial charge in [-0.1, -0.05) is 37.1 Å². The monoisotopic (exact) mass is 1400 g/mol. The number of ketones is 2. The summed E-state index contributed by atoms with van der Waals surface area (Å²) in [6.07, 6.45) is 20.0. The summed E-state index contributed by atoms with van der Waals surface area (Å²) in [5.41, 5.74) is 2.33. The molecule has 4 aromatic carbocycles. The van der Waals surface area contributed by atoms with Gasteiger partial charge in [-0.2, -0.15) is 0 Å². The molecule has 20 heteroatoms. The van der Waals surface area contributed by atoms with E-state index in [4.69, 9.17) is 18.9 Å². The topological polar surface area (TPSA) is 286 Å². The fraction of sp³-hybridized carbons (Fsp3) is 0.683. The maximum atomic E-state index is 12.8. The third-order valence-corrected chi connectivity index (χ3v) is 31.6. The number of aliphatic hydroxyl groups excluding tert-OH is 2. The number of hydrogen-bond acceptors (Lipinski definition) is 20. The summed E-state index contributed by atoms with van der Waals surface area (Å²) in [6, 6.07) is 15.0. The molecule has 4 aromatic rings. The molecule has 8 heterocycles. The lowest BCUT2D eigenvalue weighted by Gasteiger charge is -2.64. The van der Waals surface area contributed by atoms with Gasteiger partial charge in [0.05, 0.1) is 56.3 Å². The number of piperidine rings is 4. The summed E-state index contributed by atoms with van der Waals surface area (Å²) in [6.45, 7) is 7.94. The van der Waals surface area contributed by atoms with E-state index >= 15 is 0 Å². The van der Waals surface area contributed by atoms with Gasteiger partial charge in [0, 0.05) is 85.4 Å². The van der Waals surface area contributed by atoms with Crippen molar-refractivity contribution in [1.29, 1.82) is 0 Å². The summed E-state index contributed by atoms with van der Waals surface area (Å²) in [7, 11) is 0. The molecule has 8 bridgehead atoms. The number of Topliss-reactive ketones (excluding diaryl/α,β-unsaturated/α-hetero) is 2. The van der Waals surface area contributed by atoms with Crippen molar-refractivity contribution in [3.63, 3.8) is 0 Å². The molecule has 102 heavy (non-hydrogen) atoms. The van der Waals surface area contributed by atoms with Crippen molar-refractivity contribution in [2.75, 3.05) is 52.4 Å². The number of nitrogens with zero attached hydrogens (tertiary/aromatic N) is 4. The highest BCUT2D eigenvalue weighted by Crippen LogP contribution is 2.70. The van der Waals surface area contributed by atoms with Crippen LogP contribution in [0.5, 0.6) is 46.0 Å². The van der Waals surface area contributed by atoms with E-state index in [-0.39, 0.29) is 58.7 Å². The van der Waals surface area contributed by atoms with Gasteiger partial charge in [-0.05, 0) is 238 Å². The SMILES string of the molecule is O=C1CC[C@@]2(O)[C@H]3Cc4ccc(O)c5c4[C@@]2(CCN3CC2CC2)[C@H]1O5.O=C1CC[C@@]2(O)[C@H]3Cc4ccc(O)c5c4[C@@]2(CCN3CC2CCC2)[C@H]1O5.Oc1ccc2c3c1O[C@H]1[C@@H](O)CC[C@@]4(O)[C@@H](C2)N(CC2CC2)CC[C@]314.Oc1ccc2c3c1O[C@H]1[C@@H](O)CC[C@@]4(O)[C@@H](C2)N(CC2CCC2)CC[C@]314. The number of aromatic hydroxyl groups is 4. The molecule has 20 aliphatic rings. The number of aliphatic hydroxyl groups is 6. The molecule has 12 aliphatic carbocycles. The average Bonchev–Trinajstić information content (AvgIpc) is 1.44. The first-order valence-corrected chi connectivity index (χ1v) is 39.5. The fourth-order valence-corrected chi connectivity index (χ4v) is 26.2. The standard InChI is InChI=1S/C21H27NO4.C21H25NO4.C20H25NO4.C20H23NO4/c2*23-14-5-4-13-10-16-21(25)7-6-15(24)19-20(21,17(13)18(14)26-19)8-9-22(16)11-12-2-1-3-12;2*22-13-4-3-12-9-15-20(24)6-5-14(23)18-19(20,16(12)17(13)25-18)7-8-21(15)10-11-1-2-11/h4-5,12,15-16,19,23-25H,1-3,6-11H2;4-5,12,16,19,23,25H,1-3,6-11H2;3-4,11,14-15,18,22-24H,1-2,5-10H2;3-4,11,15,18,22,24H,1-2,5-10H2/t15-,16+,19-,20-,21+;16-,19+,20+,21-;14-,15+,18-,19-,20+;15-,18+,19+,20-/m0101/s1. The molecule has 0 radical (unpaired) electrons. The number of benzene rings is 4. The lowest BCUT2D eigenvalue weighted by atomic mass is 9.48. The van der Waals surface area contributed by atoms with Crippen molar-refractivity contribution >= 4 is 11.6 Å². The van der Waals surface area contributed by atoms with E-state index in [0.29, 0.717) is 74.4 Å². The Kier molecular flexibility index (Phi) is 13.9. The summed E-state index contributed by atoms with van der Waals surface area (Å²) < 4.78 is 24.4. The predicted molar refractivity (Wildman–Crippen MR) is 370 cm³/mol. The lowest BCUT2D eigenvalue weighted by molar-refractivity contribution is -0.209. The van der Waals surface area contributed by atoms with Crippen LogP contribution in [0.15, 0.2) is 48.5 Å². The summed E-state index contributed by atoms with van der Waals surface area (Å²) in [5.74, 6) is 5.62. The second-order valence-electron chi connectivity index (χ2n) is 35.9. The van der Waals surface area contributed by atoms with Crippen LogP contribution < -0.4 is 18.9 Å². The van der Waals surface area contributed by atoms with Crippen LogP contribution in [0.25, 0.3) is 0 Å². The van der Waals surface area contributed by atoms with Gasteiger partial charge >= 0.3 is 0 Å². The van der Waals surface area contributed by atoms with E-state index in [2.05, 4.69) is 19.6 Å². The number of likely N-dealkylation sites (tertiary alicyclic amines) is 4. The van der Waals surface area contributed by atoms with Crippen molar-refractivity contribution in [3.05, 3.63) is 93.0 Å². The molecule has 0 amide bonds. The largest absolute Gasteiger partial charge is 0.504 e. The van der Waals surface area contributed by atoms with Gasteiger partial charge in [0.15, 0.2) is 69.8 Å². The van der Waals surface area contributed by atoms with Gasteiger partial charge in [-0.3, -0.25) is 29.2 Å². The highest BCUT2D eigenvalue weighted by Gasteiger charge is 2.78. The highest BCUT2D eigenvalue weighted by molar-refractivity contribution is 5.91. The number of phenolic OH excluding ortho intramolecular Hbond substituents is 4. The first kappa shape index (κ1) is 64.6. The maximum Gasteiger partial charge on any atom is 0.174 e. The van der Waals surface area contributed by atoms with Crippen LogP contribution in [0.4, 0.5) is 0 Å². The second-order valence-corrected chi connectivity index (χ2v) is 35.9. The minimum atomic E-state index is -0.945. The van der Waals surface area contributed by atoms with Crippen molar-refractivity contribution < 1.29 is 79.6 Å². The van der Waals surface area contributed by atoms with Gasteiger partial charge in [0.25, 0.3) is 0 Å². The van der Waals surface area contributed by atoms with Crippen molar-refractivity contribution in [3.8, 4) is 46.0 Å².